The Morgan fingerprint density at radius 2 is 2.00 bits per heavy atom. The summed E-state index contributed by atoms with van der Waals surface area (Å²) in [6.45, 7) is 2.55. The zero-order valence-corrected chi connectivity index (χ0v) is 18.3. The van der Waals surface area contributed by atoms with Crippen LogP contribution in [-0.2, 0) is 4.79 Å². The summed E-state index contributed by atoms with van der Waals surface area (Å²) < 4.78 is 16.5. The quantitative estimate of drug-likeness (QED) is 0.501. The normalized spacial score (nSPS) is 15.5. The van der Waals surface area contributed by atoms with Gasteiger partial charge in [-0.25, -0.2) is 0 Å². The number of hydrogen-bond donors (Lipinski definition) is 1. The molecular weight excluding hydrogens is 416 g/mol. The van der Waals surface area contributed by atoms with Crippen LogP contribution in [0, 0.1) is 0 Å². The van der Waals surface area contributed by atoms with E-state index in [1.54, 1.807) is 13.4 Å². The van der Waals surface area contributed by atoms with Crippen molar-refractivity contribution < 1.29 is 18.4 Å². The molecule has 1 fully saturated rings. The first kappa shape index (κ1) is 21.5. The molecule has 1 N–H and O–H groups in total. The first-order valence-electron chi connectivity index (χ1n) is 10.4. The average molecular weight is 443 g/mol. The van der Waals surface area contributed by atoms with Gasteiger partial charge in [-0.3, -0.25) is 9.69 Å². The summed E-state index contributed by atoms with van der Waals surface area (Å²) in [6, 6.07) is 11.3. The smallest absolute Gasteiger partial charge is 0.277 e. The number of aromatic nitrogens is 2. The Balaban J connectivity index is 1.29. The standard InChI is InChI=1S/C22H26N4O4S/c1-28-17-9-7-16(8-10-17)21-24-25-22(30-21)31-15-20(27)23-14-18(19-6-5-13-29-19)26-11-3-2-4-12-26/h5-10,13,18H,2-4,11-12,14-15H2,1H3,(H,23,27). The molecule has 0 radical (unpaired) electrons. The number of piperidine rings is 1. The van der Waals surface area contributed by atoms with Crippen LogP contribution >= 0.6 is 11.8 Å². The molecule has 164 valence electrons. The highest BCUT2D eigenvalue weighted by atomic mass is 32.2. The molecule has 1 unspecified atom stereocenters. The second-order valence-corrected chi connectivity index (χ2v) is 8.25. The van der Waals surface area contributed by atoms with Crippen LogP contribution in [0.1, 0.15) is 31.1 Å². The molecule has 2 aromatic heterocycles. The molecule has 1 aromatic carbocycles. The summed E-state index contributed by atoms with van der Waals surface area (Å²) >= 11 is 1.22. The molecule has 4 rings (SSSR count). The predicted octanol–water partition coefficient (Wildman–Crippen LogP) is 3.77. The third-order valence-corrected chi connectivity index (χ3v) is 6.08. The second-order valence-electron chi connectivity index (χ2n) is 7.32. The van der Waals surface area contributed by atoms with E-state index in [-0.39, 0.29) is 17.7 Å². The van der Waals surface area contributed by atoms with Crippen LogP contribution in [0.25, 0.3) is 11.5 Å². The third kappa shape index (κ3) is 5.68. The van der Waals surface area contributed by atoms with Gasteiger partial charge in [-0.1, -0.05) is 18.2 Å². The molecule has 0 saturated carbocycles. The number of carbonyl (C=O) groups excluding carboxylic acids is 1. The molecule has 1 atom stereocenters. The number of rotatable bonds is 9. The van der Waals surface area contributed by atoms with Gasteiger partial charge in [0.25, 0.3) is 5.22 Å². The lowest BCUT2D eigenvalue weighted by atomic mass is 10.1. The first-order chi connectivity index (χ1) is 15.2. The van der Waals surface area contributed by atoms with E-state index in [1.807, 2.05) is 36.4 Å². The van der Waals surface area contributed by atoms with Crippen LogP contribution in [0.2, 0.25) is 0 Å². The number of benzene rings is 1. The Labute approximate surface area is 185 Å². The molecule has 0 aliphatic carbocycles. The Morgan fingerprint density at radius 3 is 2.71 bits per heavy atom. The predicted molar refractivity (Wildman–Crippen MR) is 117 cm³/mol. The van der Waals surface area contributed by atoms with Gasteiger partial charge in [-0.05, 0) is 62.3 Å². The minimum Gasteiger partial charge on any atom is -0.497 e. The van der Waals surface area contributed by atoms with Crippen molar-refractivity contribution in [3.05, 3.63) is 48.4 Å². The van der Waals surface area contributed by atoms with Crippen molar-refractivity contribution in [2.45, 2.75) is 30.5 Å². The van der Waals surface area contributed by atoms with Crippen molar-refractivity contribution in [3.63, 3.8) is 0 Å². The lowest BCUT2D eigenvalue weighted by Crippen LogP contribution is -2.40. The monoisotopic (exact) mass is 442 g/mol. The SMILES string of the molecule is COc1ccc(-c2nnc(SCC(=O)NCC(c3ccco3)N3CCCCC3)o2)cc1. The molecule has 1 saturated heterocycles. The Hall–Kier alpha value is -2.78. The van der Waals surface area contributed by atoms with Crippen LogP contribution in [-0.4, -0.2) is 53.5 Å². The van der Waals surface area contributed by atoms with Gasteiger partial charge in [0, 0.05) is 12.1 Å². The Bertz CT molecular complexity index is 952. The number of amides is 1. The molecule has 0 bridgehead atoms. The van der Waals surface area contributed by atoms with Crippen LogP contribution in [0.3, 0.4) is 0 Å². The molecule has 3 heterocycles. The van der Waals surface area contributed by atoms with Gasteiger partial charge in [0.1, 0.15) is 11.5 Å². The molecule has 1 aliphatic rings. The number of thioether (sulfide) groups is 1. The summed E-state index contributed by atoms with van der Waals surface area (Å²) in [5, 5.41) is 11.5. The van der Waals surface area contributed by atoms with E-state index in [1.165, 1.54) is 31.0 Å². The van der Waals surface area contributed by atoms with Gasteiger partial charge in [0.15, 0.2) is 0 Å². The van der Waals surface area contributed by atoms with Gasteiger partial charge in [-0.15, -0.1) is 10.2 Å². The number of ether oxygens (including phenoxy) is 1. The van der Waals surface area contributed by atoms with Crippen molar-refractivity contribution in [1.82, 2.24) is 20.4 Å². The van der Waals surface area contributed by atoms with Gasteiger partial charge in [0.2, 0.25) is 11.8 Å². The topological polar surface area (TPSA) is 93.6 Å². The number of nitrogens with zero attached hydrogens (tertiary/aromatic N) is 3. The second kappa shape index (κ2) is 10.5. The Kier molecular flexibility index (Phi) is 7.26. The van der Waals surface area contributed by atoms with Crippen LogP contribution in [0.4, 0.5) is 0 Å². The summed E-state index contributed by atoms with van der Waals surface area (Å²) in [5.74, 6) is 2.17. The lowest BCUT2D eigenvalue weighted by Gasteiger charge is -2.33. The lowest BCUT2D eigenvalue weighted by molar-refractivity contribution is -0.118. The maximum Gasteiger partial charge on any atom is 0.277 e. The maximum absolute atomic E-state index is 12.4. The molecule has 1 aliphatic heterocycles. The summed E-state index contributed by atoms with van der Waals surface area (Å²) in [6.07, 6.45) is 5.29. The summed E-state index contributed by atoms with van der Waals surface area (Å²) in [7, 11) is 1.62. The van der Waals surface area contributed by atoms with Crippen molar-refractivity contribution >= 4 is 17.7 Å². The molecule has 0 spiro atoms. The van der Waals surface area contributed by atoms with Gasteiger partial charge in [0.05, 0.1) is 25.2 Å². The van der Waals surface area contributed by atoms with Crippen molar-refractivity contribution in [1.29, 1.82) is 0 Å². The number of nitrogens with one attached hydrogen (secondary N) is 1. The van der Waals surface area contributed by atoms with Gasteiger partial charge >= 0.3 is 0 Å². The number of furan rings is 1. The zero-order valence-electron chi connectivity index (χ0n) is 17.5. The molecule has 3 aromatic rings. The molecule has 31 heavy (non-hydrogen) atoms. The maximum atomic E-state index is 12.4. The van der Waals surface area contributed by atoms with E-state index < -0.39 is 0 Å². The van der Waals surface area contributed by atoms with Crippen molar-refractivity contribution in [3.8, 4) is 17.2 Å². The molecule has 8 nitrogen and oxygen atoms in total. The van der Waals surface area contributed by atoms with E-state index in [0.717, 1.165) is 30.2 Å². The van der Waals surface area contributed by atoms with E-state index >= 15 is 0 Å². The van der Waals surface area contributed by atoms with Crippen LogP contribution < -0.4 is 10.1 Å². The van der Waals surface area contributed by atoms with Gasteiger partial charge < -0.3 is 18.9 Å². The number of hydrogen-bond acceptors (Lipinski definition) is 8. The molecule has 9 heteroatoms. The zero-order chi connectivity index (χ0) is 21.5. The fourth-order valence-electron chi connectivity index (χ4n) is 3.63. The highest BCUT2D eigenvalue weighted by Gasteiger charge is 2.25. The fourth-order valence-corrected chi connectivity index (χ4v) is 4.22. The highest BCUT2D eigenvalue weighted by molar-refractivity contribution is 7.99. The first-order valence-corrected chi connectivity index (χ1v) is 11.4. The van der Waals surface area contributed by atoms with Crippen LogP contribution in [0.15, 0.2) is 56.7 Å². The third-order valence-electron chi connectivity index (χ3n) is 5.27. The molecule has 1 amide bonds. The van der Waals surface area contributed by atoms with E-state index in [2.05, 4.69) is 20.4 Å². The summed E-state index contributed by atoms with van der Waals surface area (Å²) in [5.41, 5.74) is 0.799. The summed E-state index contributed by atoms with van der Waals surface area (Å²) in [4.78, 5) is 14.8. The highest BCUT2D eigenvalue weighted by Crippen LogP contribution is 2.26. The minimum atomic E-state index is -0.0808. The van der Waals surface area contributed by atoms with Crippen molar-refractivity contribution in [2.24, 2.45) is 0 Å². The number of likely N-dealkylation sites (tertiary alicyclic amines) is 1. The van der Waals surface area contributed by atoms with Crippen LogP contribution in [0.5, 0.6) is 5.75 Å². The largest absolute Gasteiger partial charge is 0.497 e. The van der Waals surface area contributed by atoms with E-state index in [4.69, 9.17) is 13.6 Å². The molecular formula is C22H26N4O4S. The average Bonchev–Trinajstić information content (AvgIpc) is 3.51. The fraction of sp³-hybridized carbons (Fsp3) is 0.409. The number of methoxy groups -OCH3 is 1. The minimum absolute atomic E-state index is 0.0503. The Morgan fingerprint density at radius 1 is 1.19 bits per heavy atom. The van der Waals surface area contributed by atoms with Crippen molar-refractivity contribution in [2.75, 3.05) is 32.5 Å². The van der Waals surface area contributed by atoms with E-state index in [9.17, 15) is 4.79 Å². The van der Waals surface area contributed by atoms with Gasteiger partial charge in [-0.2, -0.15) is 0 Å². The van der Waals surface area contributed by atoms with E-state index in [0.29, 0.717) is 17.7 Å². The number of carbonyl (C=O) groups is 1.